The minimum Gasteiger partial charge on any atom is -0.0985 e. The summed E-state index contributed by atoms with van der Waals surface area (Å²) in [5, 5.41) is 0. The third kappa shape index (κ3) is 4.83. The molecule has 0 heteroatoms. The third-order valence-electron chi connectivity index (χ3n) is 4.89. The summed E-state index contributed by atoms with van der Waals surface area (Å²) in [5.41, 5.74) is 8.04. The van der Waals surface area contributed by atoms with Gasteiger partial charge in [0.1, 0.15) is 0 Å². The Balaban J connectivity index is 1.65. The zero-order valence-corrected chi connectivity index (χ0v) is 15.3. The van der Waals surface area contributed by atoms with E-state index in [1.165, 1.54) is 33.4 Å². The molecule has 0 spiro atoms. The lowest BCUT2D eigenvalue weighted by atomic mass is 9.95. The maximum atomic E-state index is 3.86. The van der Waals surface area contributed by atoms with Crippen LogP contribution in [-0.4, -0.2) is 0 Å². The molecule has 0 heterocycles. The summed E-state index contributed by atoms with van der Waals surface area (Å²) in [7, 11) is 0. The number of hydrogen-bond acceptors (Lipinski definition) is 0. The van der Waals surface area contributed by atoms with E-state index in [1.807, 2.05) is 12.2 Å². The lowest BCUT2D eigenvalue weighted by Crippen LogP contribution is -1.99. The molecule has 0 unspecified atom stereocenters. The number of aryl methyl sites for hydroxylation is 4. The monoisotopic (exact) mass is 338 g/mol. The standard InChI is InChI=1S/C26H26/c1-3-21-12-14-23(15-13-21)16-18-25-10-5-6-11-26(25)19-17-24-9-7-8-22(4-2)20-24/h3-15,20H,1-2,16-19H2. The van der Waals surface area contributed by atoms with Gasteiger partial charge in [0, 0.05) is 0 Å². The van der Waals surface area contributed by atoms with Crippen molar-refractivity contribution >= 4 is 12.2 Å². The van der Waals surface area contributed by atoms with E-state index in [1.54, 1.807) is 0 Å². The first kappa shape index (κ1) is 17.9. The van der Waals surface area contributed by atoms with Gasteiger partial charge in [-0.2, -0.15) is 0 Å². The fourth-order valence-corrected chi connectivity index (χ4v) is 3.30. The number of hydrogen-bond donors (Lipinski definition) is 0. The first-order valence-electron chi connectivity index (χ1n) is 9.28. The van der Waals surface area contributed by atoms with Gasteiger partial charge in [0.05, 0.1) is 0 Å². The second-order valence-electron chi connectivity index (χ2n) is 6.66. The molecule has 0 radical (unpaired) electrons. The first-order chi connectivity index (χ1) is 12.8. The van der Waals surface area contributed by atoms with E-state index >= 15 is 0 Å². The molecule has 0 aliphatic heterocycles. The van der Waals surface area contributed by atoms with Crippen LogP contribution in [0.2, 0.25) is 0 Å². The molecule has 26 heavy (non-hydrogen) atoms. The van der Waals surface area contributed by atoms with Gasteiger partial charge < -0.3 is 0 Å². The van der Waals surface area contributed by atoms with Crippen LogP contribution in [0.4, 0.5) is 0 Å². The number of benzene rings is 3. The fraction of sp³-hybridized carbons (Fsp3) is 0.154. The summed E-state index contributed by atoms with van der Waals surface area (Å²) in [6, 6.07) is 26.2. The van der Waals surface area contributed by atoms with Crippen molar-refractivity contribution in [1.29, 1.82) is 0 Å². The Hall–Kier alpha value is -2.86. The van der Waals surface area contributed by atoms with Crippen LogP contribution in [-0.2, 0) is 25.7 Å². The average molecular weight is 338 g/mol. The van der Waals surface area contributed by atoms with Gasteiger partial charge in [0.15, 0.2) is 0 Å². The molecule has 0 N–H and O–H groups in total. The van der Waals surface area contributed by atoms with Crippen LogP contribution in [0.15, 0.2) is 86.0 Å². The van der Waals surface area contributed by atoms with Gasteiger partial charge in [-0.3, -0.25) is 0 Å². The molecule has 3 rings (SSSR count). The van der Waals surface area contributed by atoms with Crippen molar-refractivity contribution in [2.75, 3.05) is 0 Å². The SMILES string of the molecule is C=Cc1ccc(CCc2ccccc2CCc2cccc(C=C)c2)cc1. The van der Waals surface area contributed by atoms with Crippen molar-refractivity contribution in [2.45, 2.75) is 25.7 Å². The zero-order chi connectivity index (χ0) is 18.2. The Kier molecular flexibility index (Phi) is 6.22. The maximum Gasteiger partial charge on any atom is -0.0236 e. The molecular weight excluding hydrogens is 312 g/mol. The average Bonchev–Trinajstić information content (AvgIpc) is 2.72. The quantitative estimate of drug-likeness (QED) is 0.437. The van der Waals surface area contributed by atoms with E-state index in [-0.39, 0.29) is 0 Å². The normalized spacial score (nSPS) is 10.5. The Morgan fingerprint density at radius 3 is 1.77 bits per heavy atom. The lowest BCUT2D eigenvalue weighted by Gasteiger charge is -2.10. The van der Waals surface area contributed by atoms with Crippen LogP contribution in [0.25, 0.3) is 12.2 Å². The molecule has 3 aromatic rings. The smallest absolute Gasteiger partial charge is 0.0236 e. The molecule has 0 saturated carbocycles. The maximum absolute atomic E-state index is 3.86. The Morgan fingerprint density at radius 2 is 1.15 bits per heavy atom. The van der Waals surface area contributed by atoms with Gasteiger partial charge in [-0.05, 0) is 59.1 Å². The van der Waals surface area contributed by atoms with Crippen LogP contribution in [0, 0.1) is 0 Å². The molecule has 0 atom stereocenters. The van der Waals surface area contributed by atoms with Crippen molar-refractivity contribution in [3.8, 4) is 0 Å². The van der Waals surface area contributed by atoms with E-state index in [0.717, 1.165) is 25.7 Å². The van der Waals surface area contributed by atoms with E-state index in [0.29, 0.717) is 0 Å². The third-order valence-corrected chi connectivity index (χ3v) is 4.89. The zero-order valence-electron chi connectivity index (χ0n) is 15.3. The minimum atomic E-state index is 1.06. The molecule has 0 fully saturated rings. The molecular formula is C26H26. The van der Waals surface area contributed by atoms with Gasteiger partial charge in [0.2, 0.25) is 0 Å². The predicted molar refractivity (Wildman–Crippen MR) is 114 cm³/mol. The minimum absolute atomic E-state index is 1.06. The molecule has 3 aromatic carbocycles. The van der Waals surface area contributed by atoms with Crippen LogP contribution in [0.3, 0.4) is 0 Å². The predicted octanol–water partition coefficient (Wildman–Crippen LogP) is 6.54. The summed E-state index contributed by atoms with van der Waals surface area (Å²) in [6.45, 7) is 7.68. The molecule has 0 saturated heterocycles. The van der Waals surface area contributed by atoms with Gasteiger partial charge in [-0.1, -0.05) is 98.1 Å². The van der Waals surface area contributed by atoms with E-state index in [2.05, 4.69) is 86.0 Å². The van der Waals surface area contributed by atoms with Crippen LogP contribution in [0.1, 0.15) is 33.4 Å². The van der Waals surface area contributed by atoms with Crippen molar-refractivity contribution in [3.05, 3.63) is 119 Å². The van der Waals surface area contributed by atoms with Gasteiger partial charge in [0.25, 0.3) is 0 Å². The van der Waals surface area contributed by atoms with Crippen molar-refractivity contribution in [1.82, 2.24) is 0 Å². The number of rotatable bonds is 8. The van der Waals surface area contributed by atoms with Crippen molar-refractivity contribution in [2.24, 2.45) is 0 Å². The fourth-order valence-electron chi connectivity index (χ4n) is 3.30. The topological polar surface area (TPSA) is 0 Å². The Labute approximate surface area is 157 Å². The Morgan fingerprint density at radius 1 is 0.538 bits per heavy atom. The Bertz CT molecular complexity index is 869. The highest BCUT2D eigenvalue weighted by atomic mass is 14.1. The van der Waals surface area contributed by atoms with Crippen LogP contribution < -0.4 is 0 Å². The summed E-state index contributed by atoms with van der Waals surface area (Å²) < 4.78 is 0. The summed E-state index contributed by atoms with van der Waals surface area (Å²) in [4.78, 5) is 0. The molecule has 0 aromatic heterocycles. The molecule has 130 valence electrons. The van der Waals surface area contributed by atoms with Crippen molar-refractivity contribution < 1.29 is 0 Å². The highest BCUT2D eigenvalue weighted by Gasteiger charge is 2.04. The highest BCUT2D eigenvalue weighted by molar-refractivity contribution is 5.48. The molecule has 0 bridgehead atoms. The second kappa shape index (κ2) is 9.01. The summed E-state index contributed by atoms with van der Waals surface area (Å²) in [6.07, 6.45) is 8.09. The van der Waals surface area contributed by atoms with Gasteiger partial charge in [-0.15, -0.1) is 0 Å². The summed E-state index contributed by atoms with van der Waals surface area (Å²) in [5.74, 6) is 0. The van der Waals surface area contributed by atoms with E-state index in [9.17, 15) is 0 Å². The molecule has 0 amide bonds. The second-order valence-corrected chi connectivity index (χ2v) is 6.66. The van der Waals surface area contributed by atoms with Crippen LogP contribution >= 0.6 is 0 Å². The summed E-state index contributed by atoms with van der Waals surface area (Å²) >= 11 is 0. The molecule has 0 aliphatic carbocycles. The van der Waals surface area contributed by atoms with E-state index in [4.69, 9.17) is 0 Å². The lowest BCUT2D eigenvalue weighted by molar-refractivity contribution is 0.894. The first-order valence-corrected chi connectivity index (χ1v) is 9.28. The highest BCUT2D eigenvalue weighted by Crippen LogP contribution is 2.17. The molecule has 0 aliphatic rings. The van der Waals surface area contributed by atoms with Gasteiger partial charge >= 0.3 is 0 Å². The van der Waals surface area contributed by atoms with Gasteiger partial charge in [-0.25, -0.2) is 0 Å². The molecule has 0 nitrogen and oxygen atoms in total. The van der Waals surface area contributed by atoms with Crippen molar-refractivity contribution in [3.63, 3.8) is 0 Å². The van der Waals surface area contributed by atoms with E-state index < -0.39 is 0 Å². The largest absolute Gasteiger partial charge is 0.0985 e. The van der Waals surface area contributed by atoms with Crippen LogP contribution in [0.5, 0.6) is 0 Å².